The molecular weight excluding hydrogens is 399 g/mol. The predicted molar refractivity (Wildman–Crippen MR) is 93.5 cm³/mol. The maximum atomic E-state index is 5.86. The summed E-state index contributed by atoms with van der Waals surface area (Å²) in [6, 6.07) is 20.8. The molecule has 2 aromatic rings. The third-order valence-corrected chi connectivity index (χ3v) is 8.39. The summed E-state index contributed by atoms with van der Waals surface area (Å²) in [6.45, 7) is 7.92. The van der Waals surface area contributed by atoms with E-state index in [9.17, 15) is 0 Å². The van der Waals surface area contributed by atoms with E-state index in [0.29, 0.717) is 5.04 Å². The molecule has 0 aliphatic carbocycles. The van der Waals surface area contributed by atoms with Crippen LogP contribution in [0.25, 0.3) is 0 Å². The molecule has 0 unspecified atom stereocenters. The normalized spacial score (nSPS) is 12.0. The lowest BCUT2D eigenvalue weighted by atomic mass is 10.2. The minimum absolute atomic E-state index is 0.0339. The van der Waals surface area contributed by atoms with Gasteiger partial charge < -0.3 is 4.74 Å². The van der Waals surface area contributed by atoms with Crippen molar-refractivity contribution in [3.63, 3.8) is 0 Å². The van der Waals surface area contributed by atoms with Crippen LogP contribution in [0.1, 0.15) is 27.2 Å². The predicted octanol–water partition coefficient (Wildman–Crippen LogP) is 1.39. The highest BCUT2D eigenvalue weighted by Crippen LogP contribution is 2.22. The van der Waals surface area contributed by atoms with Gasteiger partial charge in [-0.3, -0.25) is 0 Å². The molecule has 0 aliphatic heterocycles. The average Bonchev–Trinajstić information content (AvgIpc) is 2.48. The molecule has 0 saturated heterocycles. The summed E-state index contributed by atoms with van der Waals surface area (Å²) in [4.78, 5) is 0. The summed E-state index contributed by atoms with van der Waals surface area (Å²) >= 11 is -0.0670. The molecule has 0 heterocycles. The first-order valence-electron chi connectivity index (χ1n) is 7.96. The lowest BCUT2D eigenvalue weighted by Crippen LogP contribution is -3.61. The summed E-state index contributed by atoms with van der Waals surface area (Å²) in [5.41, 5.74) is 0. The number of rotatable bonds is 7. The largest absolute Gasteiger partial charge is 0.494 e. The second-order valence-electron chi connectivity index (χ2n) is 6.71. The van der Waals surface area contributed by atoms with E-state index in [1.54, 1.807) is 0 Å². The van der Waals surface area contributed by atoms with Gasteiger partial charge in [0.05, 0.1) is 6.61 Å². The van der Waals surface area contributed by atoms with Crippen molar-refractivity contribution < 1.29 is 25.9 Å². The fourth-order valence-corrected chi connectivity index (χ4v) is 5.87. The summed E-state index contributed by atoms with van der Waals surface area (Å²) in [5, 5.41) is 0.572. The van der Waals surface area contributed by atoms with Gasteiger partial charge in [0.25, 0.3) is 0 Å². The zero-order chi connectivity index (χ0) is 15.8. The topological polar surface area (TPSA) is 9.23 Å². The number of halogens is 1. The van der Waals surface area contributed by atoms with Crippen molar-refractivity contribution >= 4 is 9.52 Å². The molecule has 0 amide bonds. The second kappa shape index (κ2) is 8.72. The SMILES string of the molecule is CC(C)(C)[SiH2]CCCOc1ccc([I+]c2ccccc2)cc1. The lowest BCUT2D eigenvalue weighted by molar-refractivity contribution is -0.597. The Labute approximate surface area is 147 Å². The van der Waals surface area contributed by atoms with Crippen LogP contribution in [-0.4, -0.2) is 16.1 Å². The van der Waals surface area contributed by atoms with Crippen molar-refractivity contribution in [3.05, 3.63) is 61.7 Å². The minimum atomic E-state index is -0.0670. The number of ether oxygens (including phenoxy) is 1. The van der Waals surface area contributed by atoms with Gasteiger partial charge in [0.15, 0.2) is 7.14 Å². The molecule has 118 valence electrons. The molecule has 3 heteroatoms. The smallest absolute Gasteiger partial charge is 0.357 e. The zero-order valence-corrected chi connectivity index (χ0v) is 17.4. The van der Waals surface area contributed by atoms with Crippen molar-refractivity contribution in [2.75, 3.05) is 6.61 Å². The molecule has 0 radical (unpaired) electrons. The monoisotopic (exact) mass is 425 g/mol. The Kier molecular flexibility index (Phi) is 6.95. The van der Waals surface area contributed by atoms with Gasteiger partial charge in [-0.2, -0.15) is 0 Å². The highest BCUT2D eigenvalue weighted by Gasteiger charge is 2.14. The van der Waals surface area contributed by atoms with Crippen LogP contribution in [-0.2, 0) is 0 Å². The van der Waals surface area contributed by atoms with Crippen LogP contribution in [0.5, 0.6) is 5.75 Å². The lowest BCUT2D eigenvalue weighted by Gasteiger charge is -2.16. The van der Waals surface area contributed by atoms with Crippen LogP contribution < -0.4 is 25.9 Å². The van der Waals surface area contributed by atoms with Gasteiger partial charge >= 0.3 is 21.2 Å². The maximum Gasteiger partial charge on any atom is 0.357 e. The molecule has 0 aliphatic rings. The highest BCUT2D eigenvalue weighted by molar-refractivity contribution is 6.39. The highest BCUT2D eigenvalue weighted by atomic mass is 127. The van der Waals surface area contributed by atoms with Crippen molar-refractivity contribution in [1.82, 2.24) is 0 Å². The van der Waals surface area contributed by atoms with E-state index in [-0.39, 0.29) is 30.7 Å². The standard InChI is InChI=1S/C19H26IOSi/c1-19(2,3)22-15-7-14-21-18-12-10-17(11-13-18)20-16-8-5-4-6-9-16/h4-6,8-13H,7,14-15,22H2,1-3H3/q+1. The van der Waals surface area contributed by atoms with Crippen LogP contribution >= 0.6 is 0 Å². The first-order valence-corrected chi connectivity index (χ1v) is 11.8. The molecule has 0 saturated carbocycles. The van der Waals surface area contributed by atoms with E-state index in [0.717, 1.165) is 12.4 Å². The summed E-state index contributed by atoms with van der Waals surface area (Å²) < 4.78 is 8.76. The van der Waals surface area contributed by atoms with Gasteiger partial charge in [-0.15, -0.1) is 0 Å². The Morgan fingerprint density at radius 2 is 1.55 bits per heavy atom. The molecular formula is C19H26IOSi+. The van der Waals surface area contributed by atoms with Gasteiger partial charge in [-0.05, 0) is 47.9 Å². The maximum absolute atomic E-state index is 5.86. The first kappa shape index (κ1) is 17.5. The van der Waals surface area contributed by atoms with E-state index in [1.807, 2.05) is 0 Å². The molecule has 1 nitrogen and oxygen atoms in total. The average molecular weight is 425 g/mol. The van der Waals surface area contributed by atoms with E-state index in [2.05, 4.69) is 75.4 Å². The fraction of sp³-hybridized carbons (Fsp3) is 0.368. The quantitative estimate of drug-likeness (QED) is 0.370. The van der Waals surface area contributed by atoms with Crippen LogP contribution in [0.15, 0.2) is 54.6 Å². The minimum Gasteiger partial charge on any atom is -0.494 e. The number of hydrogen-bond donors (Lipinski definition) is 0. The molecule has 0 atom stereocenters. The van der Waals surface area contributed by atoms with E-state index in [1.165, 1.54) is 19.6 Å². The van der Waals surface area contributed by atoms with Crippen LogP contribution in [0.2, 0.25) is 11.1 Å². The van der Waals surface area contributed by atoms with Gasteiger partial charge in [-0.25, -0.2) is 0 Å². The molecule has 22 heavy (non-hydrogen) atoms. The van der Waals surface area contributed by atoms with Gasteiger partial charge in [0.2, 0.25) is 0 Å². The Balaban J connectivity index is 1.73. The van der Waals surface area contributed by atoms with E-state index in [4.69, 9.17) is 4.74 Å². The van der Waals surface area contributed by atoms with Crippen LogP contribution in [0.3, 0.4) is 0 Å². The Bertz CT molecular complexity index is 546. The van der Waals surface area contributed by atoms with Crippen molar-refractivity contribution in [2.45, 2.75) is 38.3 Å². The Hall–Kier alpha value is -0.813. The molecule has 2 aromatic carbocycles. The van der Waals surface area contributed by atoms with Crippen LogP contribution in [0, 0.1) is 7.14 Å². The van der Waals surface area contributed by atoms with E-state index >= 15 is 0 Å². The van der Waals surface area contributed by atoms with Gasteiger partial charge in [-0.1, -0.05) is 45.0 Å². The number of hydrogen-bond acceptors (Lipinski definition) is 1. The summed E-state index contributed by atoms with van der Waals surface area (Å²) in [5.74, 6) is 1.01. The Morgan fingerprint density at radius 3 is 2.18 bits per heavy atom. The van der Waals surface area contributed by atoms with Gasteiger partial charge in [0, 0.05) is 9.52 Å². The molecule has 0 spiro atoms. The van der Waals surface area contributed by atoms with Crippen LogP contribution in [0.4, 0.5) is 0 Å². The third-order valence-electron chi connectivity index (χ3n) is 3.35. The fourth-order valence-electron chi connectivity index (χ4n) is 2.14. The molecule has 0 bridgehead atoms. The third kappa shape index (κ3) is 6.96. The summed E-state index contributed by atoms with van der Waals surface area (Å²) in [6.07, 6.45) is 1.20. The van der Waals surface area contributed by atoms with E-state index < -0.39 is 0 Å². The second-order valence-corrected chi connectivity index (χ2v) is 13.1. The molecule has 0 fully saturated rings. The molecule has 2 rings (SSSR count). The molecule has 0 N–H and O–H groups in total. The summed E-state index contributed by atoms with van der Waals surface area (Å²) in [7, 11) is 0.0339. The first-order chi connectivity index (χ1) is 10.5. The molecule has 0 aromatic heterocycles. The van der Waals surface area contributed by atoms with Crippen molar-refractivity contribution in [3.8, 4) is 5.75 Å². The zero-order valence-electron chi connectivity index (χ0n) is 13.8. The van der Waals surface area contributed by atoms with Crippen molar-refractivity contribution in [2.24, 2.45) is 0 Å². The van der Waals surface area contributed by atoms with Gasteiger partial charge in [0.1, 0.15) is 5.75 Å². The van der Waals surface area contributed by atoms with Crippen molar-refractivity contribution in [1.29, 1.82) is 0 Å². The number of benzene rings is 2. The Morgan fingerprint density at radius 1 is 0.909 bits per heavy atom.